The third kappa shape index (κ3) is 5.76. The van der Waals surface area contributed by atoms with Gasteiger partial charge in [-0.1, -0.05) is 74.5 Å². The van der Waals surface area contributed by atoms with Gasteiger partial charge in [0.05, 0.1) is 17.5 Å². The van der Waals surface area contributed by atoms with Gasteiger partial charge in [0, 0.05) is 7.05 Å². The van der Waals surface area contributed by atoms with Gasteiger partial charge < -0.3 is 0 Å². The molecule has 0 fully saturated rings. The number of benzene rings is 2. The molecule has 2 rings (SSSR count). The number of aryl methyl sites for hydroxylation is 1. The summed E-state index contributed by atoms with van der Waals surface area (Å²) in [4.78, 5) is 0. The molecule has 0 saturated carbocycles. The second-order valence-electron chi connectivity index (χ2n) is 7.49. The van der Waals surface area contributed by atoms with Crippen molar-refractivity contribution in [3.8, 4) is 6.07 Å². The first kappa shape index (κ1) is 20.8. The molecule has 0 saturated heterocycles. The van der Waals surface area contributed by atoms with Crippen molar-refractivity contribution in [2.24, 2.45) is 16.1 Å². The van der Waals surface area contributed by atoms with E-state index in [4.69, 9.17) is 0 Å². The Hall–Kier alpha value is -2.47. The number of nitriles is 1. The Balaban J connectivity index is 2.00. The van der Waals surface area contributed by atoms with Crippen molar-refractivity contribution in [2.75, 3.05) is 7.05 Å². The average molecular weight is 362 g/mol. The lowest BCUT2D eigenvalue weighted by Crippen LogP contribution is -2.31. The molecule has 2 aromatic rings. The van der Waals surface area contributed by atoms with Crippen LogP contribution >= 0.6 is 0 Å². The number of hydrogen-bond acceptors (Lipinski definition) is 3. The molecule has 142 valence electrons. The highest BCUT2D eigenvalue weighted by molar-refractivity contribution is 5.33. The molecule has 0 amide bonds. The van der Waals surface area contributed by atoms with E-state index in [1.807, 2.05) is 24.3 Å². The van der Waals surface area contributed by atoms with Gasteiger partial charge >= 0.3 is 0 Å². The molecule has 0 aliphatic rings. The number of azo groups is 1. The quantitative estimate of drug-likeness (QED) is 0.454. The summed E-state index contributed by atoms with van der Waals surface area (Å²) in [5, 5.41) is 18.5. The van der Waals surface area contributed by atoms with Crippen LogP contribution in [-0.2, 0) is 11.8 Å². The molecule has 0 heterocycles. The molecular formula is C24H31N3. The highest BCUT2D eigenvalue weighted by Gasteiger charge is 2.35. The van der Waals surface area contributed by atoms with E-state index in [-0.39, 0.29) is 12.0 Å². The first-order chi connectivity index (χ1) is 13.1. The predicted octanol–water partition coefficient (Wildman–Crippen LogP) is 6.36. The lowest BCUT2D eigenvalue weighted by molar-refractivity contribution is 0.347. The van der Waals surface area contributed by atoms with Gasteiger partial charge in [0.2, 0.25) is 0 Å². The Morgan fingerprint density at radius 2 is 1.59 bits per heavy atom. The summed E-state index contributed by atoms with van der Waals surface area (Å²) in [5.74, 6) is 0.264. The van der Waals surface area contributed by atoms with E-state index in [1.165, 1.54) is 5.56 Å². The molecule has 0 aliphatic heterocycles. The fourth-order valence-electron chi connectivity index (χ4n) is 3.77. The normalized spacial score (nSPS) is 14.8. The molecular weight excluding hydrogens is 330 g/mol. The maximum Gasteiger partial charge on any atom is 0.0845 e. The van der Waals surface area contributed by atoms with Crippen molar-refractivity contribution in [1.29, 1.82) is 5.26 Å². The molecule has 0 radical (unpaired) electrons. The Bertz CT molecular complexity index is 731. The summed E-state index contributed by atoms with van der Waals surface area (Å²) in [7, 11) is 1.74. The van der Waals surface area contributed by atoms with Gasteiger partial charge in [-0.05, 0) is 49.1 Å². The molecule has 0 aliphatic carbocycles. The van der Waals surface area contributed by atoms with Gasteiger partial charge in [0.15, 0.2) is 0 Å². The topological polar surface area (TPSA) is 48.5 Å². The standard InChI is InChI=1S/C24H31N3/c1-20(2)24(19-25,22-13-8-5-9-14-22)18-10-15-23(27-26-3)17-16-21-11-6-4-7-12-21/h4-9,11-14,20,23H,10,15-18H2,1-3H3/b27-26+. The Morgan fingerprint density at radius 1 is 0.963 bits per heavy atom. The average Bonchev–Trinajstić information content (AvgIpc) is 2.70. The second kappa shape index (κ2) is 10.6. The highest BCUT2D eigenvalue weighted by Crippen LogP contribution is 2.37. The van der Waals surface area contributed by atoms with Crippen molar-refractivity contribution in [3.05, 3.63) is 71.8 Å². The number of rotatable bonds is 10. The molecule has 0 bridgehead atoms. The molecule has 0 spiro atoms. The molecule has 3 nitrogen and oxygen atoms in total. The smallest absolute Gasteiger partial charge is 0.0845 e. The SMILES string of the molecule is C/N=N/C(CCCC(C#N)(c1ccccc1)C(C)C)CCc1ccccc1. The van der Waals surface area contributed by atoms with Crippen LogP contribution in [0, 0.1) is 17.2 Å². The maximum atomic E-state index is 10.0. The zero-order valence-corrected chi connectivity index (χ0v) is 16.8. The third-order valence-corrected chi connectivity index (χ3v) is 5.47. The first-order valence-corrected chi connectivity index (χ1v) is 9.92. The zero-order chi connectivity index (χ0) is 19.5. The Kier molecular flexibility index (Phi) is 8.20. The van der Waals surface area contributed by atoms with Crippen LogP contribution in [0.4, 0.5) is 0 Å². The second-order valence-corrected chi connectivity index (χ2v) is 7.49. The van der Waals surface area contributed by atoms with Gasteiger partial charge in [-0.3, -0.25) is 0 Å². The van der Waals surface area contributed by atoms with Crippen LogP contribution in [0.3, 0.4) is 0 Å². The van der Waals surface area contributed by atoms with E-state index in [0.29, 0.717) is 0 Å². The Morgan fingerprint density at radius 3 is 2.15 bits per heavy atom. The number of hydrogen-bond donors (Lipinski definition) is 0. The first-order valence-electron chi connectivity index (χ1n) is 9.92. The van der Waals surface area contributed by atoms with Crippen LogP contribution in [0.2, 0.25) is 0 Å². The third-order valence-electron chi connectivity index (χ3n) is 5.47. The molecule has 2 atom stereocenters. The van der Waals surface area contributed by atoms with Crippen molar-refractivity contribution in [2.45, 2.75) is 57.4 Å². The van der Waals surface area contributed by atoms with Crippen molar-refractivity contribution >= 4 is 0 Å². The summed E-state index contributed by atoms with van der Waals surface area (Å²) in [6, 6.07) is 23.6. The van der Waals surface area contributed by atoms with Crippen molar-refractivity contribution in [1.82, 2.24) is 0 Å². The summed E-state index contributed by atoms with van der Waals surface area (Å²) in [6.07, 6.45) is 4.79. The van der Waals surface area contributed by atoms with Gasteiger partial charge in [-0.2, -0.15) is 15.5 Å². The zero-order valence-electron chi connectivity index (χ0n) is 16.8. The summed E-state index contributed by atoms with van der Waals surface area (Å²) < 4.78 is 0. The molecule has 3 heteroatoms. The van der Waals surface area contributed by atoms with Crippen LogP contribution in [-0.4, -0.2) is 13.1 Å². The van der Waals surface area contributed by atoms with Crippen molar-refractivity contribution in [3.63, 3.8) is 0 Å². The lowest BCUT2D eigenvalue weighted by Gasteiger charge is -2.31. The van der Waals surface area contributed by atoms with E-state index in [2.05, 4.69) is 66.5 Å². The summed E-state index contributed by atoms with van der Waals surface area (Å²) in [6.45, 7) is 4.30. The van der Waals surface area contributed by atoms with Crippen LogP contribution in [0.15, 0.2) is 70.9 Å². The van der Waals surface area contributed by atoms with E-state index in [0.717, 1.165) is 37.7 Å². The van der Waals surface area contributed by atoms with Crippen molar-refractivity contribution < 1.29 is 0 Å². The minimum Gasteiger partial charge on any atom is -0.197 e. The van der Waals surface area contributed by atoms with Gasteiger partial charge in [-0.15, -0.1) is 0 Å². The molecule has 2 aromatic carbocycles. The molecule has 2 unspecified atom stereocenters. The predicted molar refractivity (Wildman–Crippen MR) is 112 cm³/mol. The van der Waals surface area contributed by atoms with Crippen LogP contribution < -0.4 is 0 Å². The fourth-order valence-corrected chi connectivity index (χ4v) is 3.77. The summed E-state index contributed by atoms with van der Waals surface area (Å²) >= 11 is 0. The van der Waals surface area contributed by atoms with Gasteiger partial charge in [-0.25, -0.2) is 0 Å². The highest BCUT2D eigenvalue weighted by atomic mass is 15.1. The summed E-state index contributed by atoms with van der Waals surface area (Å²) in [5.41, 5.74) is 2.03. The maximum absolute atomic E-state index is 10.0. The van der Waals surface area contributed by atoms with E-state index >= 15 is 0 Å². The number of nitrogens with zero attached hydrogens (tertiary/aromatic N) is 3. The van der Waals surface area contributed by atoms with Gasteiger partial charge in [0.25, 0.3) is 0 Å². The van der Waals surface area contributed by atoms with E-state index in [1.54, 1.807) is 7.05 Å². The monoisotopic (exact) mass is 361 g/mol. The Labute approximate surface area is 164 Å². The van der Waals surface area contributed by atoms with E-state index < -0.39 is 5.41 Å². The minimum absolute atomic E-state index is 0.217. The molecule has 0 N–H and O–H groups in total. The molecule has 0 aromatic heterocycles. The van der Waals surface area contributed by atoms with Gasteiger partial charge in [0.1, 0.15) is 0 Å². The lowest BCUT2D eigenvalue weighted by atomic mass is 9.69. The van der Waals surface area contributed by atoms with E-state index in [9.17, 15) is 5.26 Å². The van der Waals surface area contributed by atoms with Crippen LogP contribution in [0.5, 0.6) is 0 Å². The van der Waals surface area contributed by atoms with Crippen LogP contribution in [0.1, 0.15) is 50.7 Å². The van der Waals surface area contributed by atoms with Crippen LogP contribution in [0.25, 0.3) is 0 Å². The fraction of sp³-hybridized carbons (Fsp3) is 0.458. The molecule has 27 heavy (non-hydrogen) atoms. The largest absolute Gasteiger partial charge is 0.197 e. The minimum atomic E-state index is -0.436.